The Morgan fingerprint density at radius 1 is 1.65 bits per heavy atom. The molecule has 0 aliphatic carbocycles. The summed E-state index contributed by atoms with van der Waals surface area (Å²) >= 11 is 3.39. The molecule has 1 N–H and O–H groups in total. The Kier molecular flexibility index (Phi) is 4.80. The van der Waals surface area contributed by atoms with E-state index in [2.05, 4.69) is 21.9 Å². The van der Waals surface area contributed by atoms with Gasteiger partial charge in [-0.05, 0) is 23.8 Å². The summed E-state index contributed by atoms with van der Waals surface area (Å²) in [6.45, 7) is 0.525. The second kappa shape index (κ2) is 6.12. The maximum atomic E-state index is 10.4. The second-order valence-electron chi connectivity index (χ2n) is 3.44. The van der Waals surface area contributed by atoms with Gasteiger partial charge in [-0.25, -0.2) is 4.79 Å². The van der Waals surface area contributed by atoms with E-state index in [0.29, 0.717) is 6.54 Å². The lowest BCUT2D eigenvalue weighted by Gasteiger charge is -2.16. The number of halogens is 1. The molecule has 0 bridgehead atoms. The first-order valence-electron chi connectivity index (χ1n) is 4.89. The third-order valence-electron chi connectivity index (χ3n) is 2.16. The van der Waals surface area contributed by atoms with Crippen LogP contribution in [0, 0.1) is 12.3 Å². The minimum absolute atomic E-state index is 0.525. The molecule has 0 saturated carbocycles. The number of terminal acetylenes is 1. The number of carbonyl (C=O) groups is 1. The third kappa shape index (κ3) is 3.97. The van der Waals surface area contributed by atoms with Crippen molar-refractivity contribution in [1.29, 1.82) is 0 Å². The second-order valence-corrected chi connectivity index (χ2v) is 4.29. The van der Waals surface area contributed by atoms with Gasteiger partial charge in [0, 0.05) is 23.3 Å². The Balaban J connectivity index is 2.94. The number of hydrogen-bond acceptors (Lipinski definition) is 2. The van der Waals surface area contributed by atoms with Crippen LogP contribution in [0.25, 0.3) is 6.08 Å². The SMILES string of the molecule is C#CCN(C)c1ccc(/C=C/C(=O)O)c(Br)c1. The van der Waals surface area contributed by atoms with E-state index >= 15 is 0 Å². The van der Waals surface area contributed by atoms with Crippen LogP contribution in [0.15, 0.2) is 28.7 Å². The van der Waals surface area contributed by atoms with Gasteiger partial charge in [-0.3, -0.25) is 0 Å². The summed E-state index contributed by atoms with van der Waals surface area (Å²) in [6, 6.07) is 5.63. The molecule has 0 saturated heterocycles. The van der Waals surface area contributed by atoms with E-state index in [9.17, 15) is 4.79 Å². The smallest absolute Gasteiger partial charge is 0.328 e. The number of carboxylic acids is 1. The molecule has 17 heavy (non-hydrogen) atoms. The minimum atomic E-state index is -0.967. The van der Waals surface area contributed by atoms with Crippen LogP contribution in [0.1, 0.15) is 5.56 Å². The van der Waals surface area contributed by atoms with E-state index in [0.717, 1.165) is 21.8 Å². The number of carboxylic acid groups (broad SMARTS) is 1. The van der Waals surface area contributed by atoms with Crippen molar-refractivity contribution in [2.75, 3.05) is 18.5 Å². The lowest BCUT2D eigenvalue weighted by Crippen LogP contribution is -2.16. The number of aliphatic carboxylic acids is 1. The van der Waals surface area contributed by atoms with Gasteiger partial charge >= 0.3 is 5.97 Å². The number of hydrogen-bond donors (Lipinski definition) is 1. The van der Waals surface area contributed by atoms with Crippen LogP contribution in [-0.4, -0.2) is 24.7 Å². The topological polar surface area (TPSA) is 40.5 Å². The van der Waals surface area contributed by atoms with Crippen molar-refractivity contribution in [2.24, 2.45) is 0 Å². The van der Waals surface area contributed by atoms with Crippen molar-refractivity contribution in [3.05, 3.63) is 34.3 Å². The normalized spacial score (nSPS) is 10.2. The van der Waals surface area contributed by atoms with Gasteiger partial charge in [0.2, 0.25) is 0 Å². The Labute approximate surface area is 109 Å². The average molecular weight is 294 g/mol. The first-order chi connectivity index (χ1) is 8.04. The molecule has 0 heterocycles. The summed E-state index contributed by atoms with van der Waals surface area (Å²) in [6.07, 6.45) is 7.88. The van der Waals surface area contributed by atoms with Crippen LogP contribution in [-0.2, 0) is 4.79 Å². The van der Waals surface area contributed by atoms with Gasteiger partial charge in [-0.15, -0.1) is 6.42 Å². The fourth-order valence-electron chi connectivity index (χ4n) is 1.28. The van der Waals surface area contributed by atoms with Crippen molar-refractivity contribution >= 4 is 33.7 Å². The van der Waals surface area contributed by atoms with E-state index in [1.54, 1.807) is 0 Å². The van der Waals surface area contributed by atoms with Gasteiger partial charge < -0.3 is 10.0 Å². The molecule has 1 aromatic carbocycles. The predicted molar refractivity (Wildman–Crippen MR) is 72.9 cm³/mol. The molecular formula is C13H12BrNO2. The molecule has 4 heteroatoms. The van der Waals surface area contributed by atoms with Gasteiger partial charge in [0.05, 0.1) is 6.54 Å². The highest BCUT2D eigenvalue weighted by atomic mass is 79.9. The summed E-state index contributed by atoms with van der Waals surface area (Å²) in [7, 11) is 1.90. The van der Waals surface area contributed by atoms with Crippen LogP contribution in [0.4, 0.5) is 5.69 Å². The molecule has 88 valence electrons. The van der Waals surface area contributed by atoms with Gasteiger partial charge in [-0.1, -0.05) is 27.9 Å². The van der Waals surface area contributed by atoms with E-state index in [1.807, 2.05) is 30.1 Å². The van der Waals surface area contributed by atoms with Crippen molar-refractivity contribution < 1.29 is 9.90 Å². The predicted octanol–water partition coefficient (Wildman–Crippen LogP) is 2.62. The van der Waals surface area contributed by atoms with Gasteiger partial charge in [0.1, 0.15) is 0 Å². The van der Waals surface area contributed by atoms with Gasteiger partial charge in [0.25, 0.3) is 0 Å². The molecule has 0 aliphatic heterocycles. The minimum Gasteiger partial charge on any atom is -0.478 e. The summed E-state index contributed by atoms with van der Waals surface area (Å²) in [5, 5.41) is 8.55. The quantitative estimate of drug-likeness (QED) is 0.685. The van der Waals surface area contributed by atoms with Crippen LogP contribution in [0.2, 0.25) is 0 Å². The van der Waals surface area contributed by atoms with E-state index in [4.69, 9.17) is 11.5 Å². The number of benzene rings is 1. The number of nitrogens with zero attached hydrogens (tertiary/aromatic N) is 1. The van der Waals surface area contributed by atoms with Crippen molar-refractivity contribution in [3.8, 4) is 12.3 Å². The summed E-state index contributed by atoms with van der Waals surface area (Å²) in [5.41, 5.74) is 1.78. The molecular weight excluding hydrogens is 282 g/mol. The maximum absolute atomic E-state index is 10.4. The lowest BCUT2D eigenvalue weighted by molar-refractivity contribution is -0.131. The van der Waals surface area contributed by atoms with Crippen LogP contribution >= 0.6 is 15.9 Å². The van der Waals surface area contributed by atoms with Gasteiger partial charge in [-0.2, -0.15) is 0 Å². The molecule has 0 aliphatic rings. The highest BCUT2D eigenvalue weighted by Crippen LogP contribution is 2.24. The maximum Gasteiger partial charge on any atom is 0.328 e. The number of rotatable bonds is 4. The molecule has 0 atom stereocenters. The largest absolute Gasteiger partial charge is 0.478 e. The van der Waals surface area contributed by atoms with E-state index < -0.39 is 5.97 Å². The Bertz CT molecular complexity index is 489. The molecule has 0 amide bonds. The molecule has 0 radical (unpaired) electrons. The molecule has 0 aromatic heterocycles. The lowest BCUT2D eigenvalue weighted by atomic mass is 10.2. The number of anilines is 1. The Morgan fingerprint density at radius 2 is 2.35 bits per heavy atom. The van der Waals surface area contributed by atoms with Crippen LogP contribution in [0.3, 0.4) is 0 Å². The molecule has 0 spiro atoms. The van der Waals surface area contributed by atoms with E-state index in [1.165, 1.54) is 6.08 Å². The fraction of sp³-hybridized carbons (Fsp3) is 0.154. The fourth-order valence-corrected chi connectivity index (χ4v) is 1.78. The van der Waals surface area contributed by atoms with Crippen molar-refractivity contribution in [2.45, 2.75) is 0 Å². The van der Waals surface area contributed by atoms with Gasteiger partial charge in [0.15, 0.2) is 0 Å². The first kappa shape index (κ1) is 13.3. The Hall–Kier alpha value is -1.73. The Morgan fingerprint density at radius 3 is 2.88 bits per heavy atom. The van der Waals surface area contributed by atoms with E-state index in [-0.39, 0.29) is 0 Å². The molecule has 3 nitrogen and oxygen atoms in total. The zero-order valence-corrected chi connectivity index (χ0v) is 10.9. The van der Waals surface area contributed by atoms with Crippen LogP contribution in [0.5, 0.6) is 0 Å². The van der Waals surface area contributed by atoms with Crippen molar-refractivity contribution in [3.63, 3.8) is 0 Å². The molecule has 0 unspecified atom stereocenters. The zero-order valence-electron chi connectivity index (χ0n) is 9.35. The molecule has 1 rings (SSSR count). The van der Waals surface area contributed by atoms with Crippen molar-refractivity contribution in [1.82, 2.24) is 0 Å². The first-order valence-corrected chi connectivity index (χ1v) is 5.69. The zero-order chi connectivity index (χ0) is 12.8. The van der Waals surface area contributed by atoms with Crippen LogP contribution < -0.4 is 4.90 Å². The summed E-state index contributed by atoms with van der Waals surface area (Å²) in [4.78, 5) is 12.3. The third-order valence-corrected chi connectivity index (χ3v) is 2.85. The standard InChI is InChI=1S/C13H12BrNO2/c1-3-8-15(2)11-6-4-10(12(14)9-11)5-7-13(16)17/h1,4-7,9H,8H2,2H3,(H,16,17)/b7-5+. The highest BCUT2D eigenvalue weighted by molar-refractivity contribution is 9.10. The monoisotopic (exact) mass is 293 g/mol. The summed E-state index contributed by atoms with van der Waals surface area (Å²) < 4.78 is 0.830. The highest BCUT2D eigenvalue weighted by Gasteiger charge is 2.02. The molecule has 0 fully saturated rings. The summed E-state index contributed by atoms with van der Waals surface area (Å²) in [5.74, 6) is 1.59. The molecule has 1 aromatic rings. The average Bonchev–Trinajstić information content (AvgIpc) is 2.27.